The highest BCUT2D eigenvalue weighted by Gasteiger charge is 2.20. The van der Waals surface area contributed by atoms with Crippen LogP contribution in [0.4, 0.5) is 17.5 Å². The molecule has 1 aliphatic rings. The van der Waals surface area contributed by atoms with E-state index in [1.54, 1.807) is 19.4 Å². The summed E-state index contributed by atoms with van der Waals surface area (Å²) in [4.78, 5) is 18.1. The summed E-state index contributed by atoms with van der Waals surface area (Å²) in [7, 11) is 1.62. The van der Waals surface area contributed by atoms with Gasteiger partial charge in [0.2, 0.25) is 5.95 Å². The largest absolute Gasteiger partial charge is 0.495 e. The van der Waals surface area contributed by atoms with Gasteiger partial charge in [0.15, 0.2) is 0 Å². The molecule has 0 radical (unpaired) electrons. The van der Waals surface area contributed by atoms with Crippen molar-refractivity contribution < 1.29 is 4.74 Å². The third-order valence-corrected chi connectivity index (χ3v) is 6.11. The number of aromatic nitrogens is 4. The van der Waals surface area contributed by atoms with E-state index >= 15 is 0 Å². The first kappa shape index (κ1) is 20.4. The normalized spacial score (nSPS) is 14.2. The minimum absolute atomic E-state index is 0.492. The predicted octanol–water partition coefficient (Wildman–Crippen LogP) is 3.67. The van der Waals surface area contributed by atoms with Gasteiger partial charge < -0.3 is 24.7 Å². The number of piperazine rings is 1. The van der Waals surface area contributed by atoms with Crippen LogP contribution < -0.4 is 20.3 Å². The van der Waals surface area contributed by atoms with Gasteiger partial charge in [0, 0.05) is 62.1 Å². The first-order chi connectivity index (χ1) is 15.5. The zero-order valence-corrected chi connectivity index (χ0v) is 18.8. The van der Waals surface area contributed by atoms with Crippen molar-refractivity contribution in [2.24, 2.45) is 0 Å². The number of aryl methyl sites for hydroxylation is 1. The summed E-state index contributed by atoms with van der Waals surface area (Å²) in [5.74, 6) is 1.85. The van der Waals surface area contributed by atoms with Gasteiger partial charge in [-0.05, 0) is 36.8 Å². The number of pyridine rings is 1. The van der Waals surface area contributed by atoms with Crippen LogP contribution in [0.2, 0.25) is 5.02 Å². The Morgan fingerprint density at radius 3 is 2.56 bits per heavy atom. The van der Waals surface area contributed by atoms with Gasteiger partial charge in [-0.15, -0.1) is 0 Å². The highest BCUT2D eigenvalue weighted by molar-refractivity contribution is 6.32. The number of rotatable bonds is 4. The number of hydrogen-bond donors (Lipinski definition) is 1. The zero-order valence-electron chi connectivity index (χ0n) is 18.0. The second-order valence-electron chi connectivity index (χ2n) is 7.83. The molecule has 1 fully saturated rings. The average Bonchev–Trinajstić information content (AvgIpc) is 3.23. The van der Waals surface area contributed by atoms with Gasteiger partial charge in [-0.25, -0.2) is 9.97 Å². The predicted molar refractivity (Wildman–Crippen MR) is 128 cm³/mol. The molecule has 4 aromatic rings. The molecule has 9 heteroatoms. The Balaban J connectivity index is 1.37. The van der Waals surface area contributed by atoms with Crippen LogP contribution in [0, 0.1) is 6.92 Å². The maximum Gasteiger partial charge on any atom is 0.227 e. The van der Waals surface area contributed by atoms with Crippen molar-refractivity contribution in [3.8, 4) is 17.0 Å². The molecule has 5 rings (SSSR count). The number of methoxy groups -OCH3 is 1. The van der Waals surface area contributed by atoms with E-state index in [0.29, 0.717) is 22.5 Å². The van der Waals surface area contributed by atoms with Gasteiger partial charge >= 0.3 is 0 Å². The SMILES string of the molecule is COc1cc(C)c(-c2cn3ccc(N4CCN(c5nccc(N)n5)CC4)cc3n2)cc1Cl. The lowest BCUT2D eigenvalue weighted by Gasteiger charge is -2.36. The monoisotopic (exact) mass is 449 g/mol. The Bertz CT molecular complexity index is 1280. The summed E-state index contributed by atoms with van der Waals surface area (Å²) >= 11 is 6.36. The third kappa shape index (κ3) is 3.78. The van der Waals surface area contributed by atoms with Gasteiger partial charge in [0.25, 0.3) is 0 Å². The van der Waals surface area contributed by atoms with Crippen LogP contribution in [0.15, 0.2) is 48.9 Å². The molecule has 0 unspecified atom stereocenters. The number of fused-ring (bicyclic) bond motifs is 1. The van der Waals surface area contributed by atoms with Crippen molar-refractivity contribution >= 4 is 34.7 Å². The van der Waals surface area contributed by atoms with E-state index < -0.39 is 0 Å². The quantitative estimate of drug-likeness (QED) is 0.508. The number of nitrogens with zero attached hydrogens (tertiary/aromatic N) is 6. The number of hydrogen-bond acceptors (Lipinski definition) is 7. The van der Waals surface area contributed by atoms with Crippen molar-refractivity contribution in [1.82, 2.24) is 19.4 Å². The Labute approximate surface area is 191 Å². The molecule has 1 aromatic carbocycles. The number of benzene rings is 1. The number of anilines is 3. The van der Waals surface area contributed by atoms with E-state index in [1.165, 1.54) is 0 Å². The summed E-state index contributed by atoms with van der Waals surface area (Å²) in [6.45, 7) is 5.44. The molecule has 1 saturated heterocycles. The summed E-state index contributed by atoms with van der Waals surface area (Å²) in [6.07, 6.45) is 5.78. The fourth-order valence-corrected chi connectivity index (χ4v) is 4.30. The molecule has 0 atom stereocenters. The molecule has 0 amide bonds. The lowest BCUT2D eigenvalue weighted by Crippen LogP contribution is -2.47. The van der Waals surface area contributed by atoms with Crippen molar-refractivity contribution in [1.29, 1.82) is 0 Å². The van der Waals surface area contributed by atoms with E-state index in [-0.39, 0.29) is 0 Å². The van der Waals surface area contributed by atoms with Crippen molar-refractivity contribution in [2.75, 3.05) is 48.8 Å². The maximum absolute atomic E-state index is 6.36. The van der Waals surface area contributed by atoms with E-state index in [4.69, 9.17) is 27.1 Å². The van der Waals surface area contributed by atoms with Crippen LogP contribution in [0.3, 0.4) is 0 Å². The Morgan fingerprint density at radius 1 is 1.03 bits per heavy atom. The summed E-state index contributed by atoms with van der Waals surface area (Å²) in [6, 6.07) is 9.80. The molecule has 8 nitrogen and oxygen atoms in total. The van der Waals surface area contributed by atoms with Crippen LogP contribution >= 0.6 is 11.6 Å². The molecule has 164 valence electrons. The number of ether oxygens (including phenoxy) is 1. The number of nitrogen functional groups attached to an aromatic ring is 1. The van der Waals surface area contributed by atoms with E-state index in [9.17, 15) is 0 Å². The van der Waals surface area contributed by atoms with Crippen LogP contribution in [0.25, 0.3) is 16.9 Å². The van der Waals surface area contributed by atoms with Crippen LogP contribution in [0.1, 0.15) is 5.56 Å². The smallest absolute Gasteiger partial charge is 0.227 e. The Kier molecular flexibility index (Phi) is 5.22. The van der Waals surface area contributed by atoms with Crippen LogP contribution in [-0.4, -0.2) is 52.6 Å². The first-order valence-corrected chi connectivity index (χ1v) is 10.8. The Morgan fingerprint density at radius 2 is 1.81 bits per heavy atom. The maximum atomic E-state index is 6.36. The summed E-state index contributed by atoms with van der Waals surface area (Å²) in [5, 5.41) is 0.577. The molecule has 2 N–H and O–H groups in total. The average molecular weight is 450 g/mol. The lowest BCUT2D eigenvalue weighted by molar-refractivity contribution is 0.415. The first-order valence-electron chi connectivity index (χ1n) is 10.4. The van der Waals surface area contributed by atoms with Gasteiger partial charge in [0.1, 0.15) is 17.2 Å². The minimum Gasteiger partial charge on any atom is -0.495 e. The molecule has 4 heterocycles. The second kappa shape index (κ2) is 8.20. The molecule has 0 saturated carbocycles. The van der Waals surface area contributed by atoms with Crippen molar-refractivity contribution in [3.05, 3.63) is 59.5 Å². The molecule has 3 aromatic heterocycles. The van der Waals surface area contributed by atoms with Gasteiger partial charge in [0.05, 0.1) is 17.8 Å². The molecular weight excluding hydrogens is 426 g/mol. The van der Waals surface area contributed by atoms with Crippen molar-refractivity contribution in [3.63, 3.8) is 0 Å². The second-order valence-corrected chi connectivity index (χ2v) is 8.24. The lowest BCUT2D eigenvalue weighted by atomic mass is 10.1. The number of nitrogens with two attached hydrogens (primary N) is 1. The topological polar surface area (TPSA) is 84.8 Å². The molecule has 0 aliphatic carbocycles. The fourth-order valence-electron chi connectivity index (χ4n) is 4.06. The zero-order chi connectivity index (χ0) is 22.2. The standard InChI is InChI=1S/C23H24ClN7O/c1-15-11-20(32-2)18(24)13-17(15)19-14-31-6-4-16(12-22(31)27-19)29-7-9-30(10-8-29)23-26-5-3-21(25)28-23/h3-6,11-14H,7-10H2,1-2H3,(H2,25,26,28). The number of halogens is 1. The molecular formula is C23H24ClN7O. The van der Waals surface area contributed by atoms with Gasteiger partial charge in [-0.1, -0.05) is 11.6 Å². The molecule has 0 bridgehead atoms. The highest BCUT2D eigenvalue weighted by atomic mass is 35.5. The van der Waals surface area contributed by atoms with E-state index in [0.717, 1.165) is 54.3 Å². The van der Waals surface area contributed by atoms with Crippen LogP contribution in [0.5, 0.6) is 5.75 Å². The minimum atomic E-state index is 0.492. The van der Waals surface area contributed by atoms with E-state index in [2.05, 4.69) is 38.1 Å². The highest BCUT2D eigenvalue weighted by Crippen LogP contribution is 2.33. The summed E-state index contributed by atoms with van der Waals surface area (Å²) < 4.78 is 7.35. The number of imidazole rings is 1. The van der Waals surface area contributed by atoms with Crippen molar-refractivity contribution in [2.45, 2.75) is 6.92 Å². The molecule has 32 heavy (non-hydrogen) atoms. The van der Waals surface area contributed by atoms with Gasteiger partial charge in [-0.3, -0.25) is 0 Å². The third-order valence-electron chi connectivity index (χ3n) is 5.81. The van der Waals surface area contributed by atoms with Gasteiger partial charge in [-0.2, -0.15) is 4.98 Å². The van der Waals surface area contributed by atoms with E-state index in [1.807, 2.05) is 29.7 Å². The van der Waals surface area contributed by atoms with Crippen LogP contribution in [-0.2, 0) is 0 Å². The fraction of sp³-hybridized carbons (Fsp3) is 0.261. The Hall–Kier alpha value is -3.52. The molecule has 1 aliphatic heterocycles. The summed E-state index contributed by atoms with van der Waals surface area (Å²) in [5.41, 5.74) is 10.8. The molecule has 0 spiro atoms.